The predicted octanol–water partition coefficient (Wildman–Crippen LogP) is 3.86. The molecular weight excluding hydrogens is 279 g/mol. The van der Waals surface area contributed by atoms with Crippen LogP contribution in [0.5, 0.6) is 0 Å². The lowest BCUT2D eigenvalue weighted by molar-refractivity contribution is -0.136. The van der Waals surface area contributed by atoms with Crippen molar-refractivity contribution in [2.75, 3.05) is 0 Å². The van der Waals surface area contributed by atoms with Crippen molar-refractivity contribution in [1.29, 1.82) is 0 Å². The zero-order valence-corrected chi connectivity index (χ0v) is 12.0. The van der Waals surface area contributed by atoms with Gasteiger partial charge >= 0.3 is 6.18 Å². The molecule has 1 heterocycles. The van der Waals surface area contributed by atoms with E-state index < -0.39 is 18.0 Å². The molecule has 1 fully saturated rings. The first-order chi connectivity index (χ1) is 9.78. The zero-order valence-electron chi connectivity index (χ0n) is 12.0. The van der Waals surface area contributed by atoms with E-state index in [4.69, 9.17) is 0 Å². The van der Waals surface area contributed by atoms with Crippen LogP contribution in [-0.4, -0.2) is 18.1 Å². The molecule has 1 N–H and O–H groups in total. The molecule has 2 rings (SSSR count). The number of hydrogen-bond donors (Lipinski definition) is 1. The second-order valence-corrected chi connectivity index (χ2v) is 6.11. The number of carbonyl (C=O) groups is 1. The molecule has 2 unspecified atom stereocenters. The monoisotopic (exact) mass is 299 g/mol. The van der Waals surface area contributed by atoms with Crippen molar-refractivity contribution in [3.63, 3.8) is 0 Å². The molecule has 0 aliphatic carbocycles. The molecule has 0 spiro atoms. The molecule has 2 nitrogen and oxygen atoms in total. The van der Waals surface area contributed by atoms with Crippen molar-refractivity contribution < 1.29 is 18.0 Å². The topological polar surface area (TPSA) is 29.1 Å². The average Bonchev–Trinajstić information content (AvgIpc) is 2.64. The van der Waals surface area contributed by atoms with E-state index in [9.17, 15) is 18.0 Å². The summed E-state index contributed by atoms with van der Waals surface area (Å²) >= 11 is 0. The molecule has 0 saturated carbocycles. The van der Waals surface area contributed by atoms with Crippen LogP contribution in [0.1, 0.15) is 38.2 Å². The molecule has 1 aliphatic rings. The van der Waals surface area contributed by atoms with Gasteiger partial charge in [-0.2, -0.15) is 13.2 Å². The number of hydrogen-bond acceptors (Lipinski definition) is 1. The normalized spacial score (nSPS) is 25.9. The van der Waals surface area contributed by atoms with E-state index in [1.54, 1.807) is 0 Å². The Morgan fingerprint density at radius 3 is 2.57 bits per heavy atom. The molecule has 21 heavy (non-hydrogen) atoms. The first-order valence-electron chi connectivity index (χ1n) is 7.19. The summed E-state index contributed by atoms with van der Waals surface area (Å²) in [5, 5.41) is 2.92. The molecular formula is C16H20F3NO. The van der Waals surface area contributed by atoms with Gasteiger partial charge in [0.1, 0.15) is 0 Å². The minimum absolute atomic E-state index is 0.0644. The standard InChI is InChI=1S/C16H20F3NO/c1-15(8-5-9-16(17,18)19)11-14(21)20-13(15)10-12-6-3-2-4-7-12/h2-4,6-7,13H,5,8-11H2,1H3,(H,20,21). The van der Waals surface area contributed by atoms with Crippen molar-refractivity contribution in [2.45, 2.75) is 51.2 Å². The van der Waals surface area contributed by atoms with Gasteiger partial charge in [-0.3, -0.25) is 4.79 Å². The Kier molecular flexibility index (Phi) is 4.59. The molecule has 1 saturated heterocycles. The lowest BCUT2D eigenvalue weighted by Gasteiger charge is -2.30. The van der Waals surface area contributed by atoms with Gasteiger partial charge in [-0.1, -0.05) is 37.3 Å². The van der Waals surface area contributed by atoms with Crippen molar-refractivity contribution in [1.82, 2.24) is 5.32 Å². The third kappa shape index (κ3) is 4.48. The SMILES string of the molecule is CC1(CCCC(F)(F)F)CC(=O)NC1Cc1ccccc1. The van der Waals surface area contributed by atoms with Crippen molar-refractivity contribution >= 4 is 5.91 Å². The molecule has 2 atom stereocenters. The average molecular weight is 299 g/mol. The minimum atomic E-state index is -4.12. The van der Waals surface area contributed by atoms with E-state index in [-0.39, 0.29) is 18.4 Å². The Morgan fingerprint density at radius 1 is 1.29 bits per heavy atom. The first kappa shape index (κ1) is 15.9. The highest BCUT2D eigenvalue weighted by Crippen LogP contribution is 2.39. The maximum atomic E-state index is 12.3. The van der Waals surface area contributed by atoms with E-state index in [0.717, 1.165) is 5.56 Å². The summed E-state index contributed by atoms with van der Waals surface area (Å²) < 4.78 is 36.9. The Hall–Kier alpha value is -1.52. The Bertz CT molecular complexity index is 486. The van der Waals surface area contributed by atoms with Crippen LogP contribution in [0.15, 0.2) is 30.3 Å². The lowest BCUT2D eigenvalue weighted by Crippen LogP contribution is -2.37. The number of amides is 1. The number of benzene rings is 1. The van der Waals surface area contributed by atoms with Crippen LogP contribution < -0.4 is 5.32 Å². The van der Waals surface area contributed by atoms with Gasteiger partial charge in [0.25, 0.3) is 0 Å². The van der Waals surface area contributed by atoms with Crippen molar-refractivity contribution in [3.05, 3.63) is 35.9 Å². The third-order valence-corrected chi connectivity index (χ3v) is 4.23. The predicted molar refractivity (Wildman–Crippen MR) is 74.7 cm³/mol. The molecule has 0 radical (unpaired) electrons. The van der Waals surface area contributed by atoms with Crippen molar-refractivity contribution in [3.8, 4) is 0 Å². The van der Waals surface area contributed by atoms with E-state index in [1.807, 2.05) is 37.3 Å². The second kappa shape index (κ2) is 6.08. The Morgan fingerprint density at radius 2 is 1.95 bits per heavy atom. The fourth-order valence-corrected chi connectivity index (χ4v) is 3.01. The van der Waals surface area contributed by atoms with Gasteiger partial charge < -0.3 is 5.32 Å². The van der Waals surface area contributed by atoms with Crippen LogP contribution in [-0.2, 0) is 11.2 Å². The van der Waals surface area contributed by atoms with Crippen LogP contribution in [0.3, 0.4) is 0 Å². The largest absolute Gasteiger partial charge is 0.389 e. The van der Waals surface area contributed by atoms with E-state index in [1.165, 1.54) is 0 Å². The van der Waals surface area contributed by atoms with Gasteiger partial charge in [-0.05, 0) is 30.2 Å². The summed E-state index contributed by atoms with van der Waals surface area (Å²) in [6.45, 7) is 1.91. The van der Waals surface area contributed by atoms with Gasteiger partial charge in [0, 0.05) is 18.9 Å². The second-order valence-electron chi connectivity index (χ2n) is 6.11. The fourth-order valence-electron chi connectivity index (χ4n) is 3.01. The third-order valence-electron chi connectivity index (χ3n) is 4.23. The summed E-state index contributed by atoms with van der Waals surface area (Å²) in [4.78, 5) is 11.7. The van der Waals surface area contributed by atoms with E-state index >= 15 is 0 Å². The van der Waals surface area contributed by atoms with Gasteiger partial charge in [0.15, 0.2) is 0 Å². The van der Waals surface area contributed by atoms with Crippen LogP contribution in [0.2, 0.25) is 0 Å². The number of alkyl halides is 3. The van der Waals surface area contributed by atoms with Gasteiger partial charge in [0.05, 0.1) is 0 Å². The number of rotatable bonds is 5. The zero-order chi connectivity index (χ0) is 15.5. The smallest absolute Gasteiger partial charge is 0.352 e. The fraction of sp³-hybridized carbons (Fsp3) is 0.562. The minimum Gasteiger partial charge on any atom is -0.352 e. The first-order valence-corrected chi connectivity index (χ1v) is 7.19. The van der Waals surface area contributed by atoms with Gasteiger partial charge in [-0.15, -0.1) is 0 Å². The van der Waals surface area contributed by atoms with Gasteiger partial charge in [0.2, 0.25) is 5.91 Å². The molecule has 5 heteroatoms. The number of carbonyl (C=O) groups excluding carboxylic acids is 1. The van der Waals surface area contributed by atoms with Crippen molar-refractivity contribution in [2.24, 2.45) is 5.41 Å². The van der Waals surface area contributed by atoms with Crippen LogP contribution in [0.25, 0.3) is 0 Å². The van der Waals surface area contributed by atoms with E-state index in [0.29, 0.717) is 19.3 Å². The molecule has 1 aromatic rings. The highest BCUT2D eigenvalue weighted by Gasteiger charge is 2.43. The summed E-state index contributed by atoms with van der Waals surface area (Å²) in [7, 11) is 0. The molecule has 0 aromatic heterocycles. The highest BCUT2D eigenvalue weighted by molar-refractivity contribution is 5.80. The highest BCUT2D eigenvalue weighted by atomic mass is 19.4. The maximum Gasteiger partial charge on any atom is 0.389 e. The van der Waals surface area contributed by atoms with E-state index in [2.05, 4.69) is 5.32 Å². The quantitative estimate of drug-likeness (QED) is 0.879. The summed E-state index contributed by atoms with van der Waals surface area (Å²) in [5.41, 5.74) is 0.685. The Balaban J connectivity index is 1.99. The van der Waals surface area contributed by atoms with Crippen LogP contribution in [0, 0.1) is 5.41 Å². The Labute approximate surface area is 122 Å². The molecule has 1 amide bonds. The lowest BCUT2D eigenvalue weighted by atomic mass is 9.76. The number of halogens is 3. The molecule has 1 aromatic carbocycles. The summed E-state index contributed by atoms with van der Waals surface area (Å²) in [6, 6.07) is 9.61. The number of nitrogens with one attached hydrogen (secondary N) is 1. The summed E-state index contributed by atoms with van der Waals surface area (Å²) in [6.07, 6.45) is -3.46. The summed E-state index contributed by atoms with van der Waals surface area (Å²) in [5.74, 6) is -0.0644. The molecule has 0 bridgehead atoms. The molecule has 1 aliphatic heterocycles. The van der Waals surface area contributed by atoms with Crippen LogP contribution >= 0.6 is 0 Å². The van der Waals surface area contributed by atoms with Gasteiger partial charge in [-0.25, -0.2) is 0 Å². The molecule has 116 valence electrons. The van der Waals surface area contributed by atoms with Crippen LogP contribution in [0.4, 0.5) is 13.2 Å². The maximum absolute atomic E-state index is 12.3.